The van der Waals surface area contributed by atoms with E-state index in [1.165, 1.54) is 12.1 Å². The van der Waals surface area contributed by atoms with Gasteiger partial charge in [0.25, 0.3) is 15.9 Å². The van der Waals surface area contributed by atoms with Crippen molar-refractivity contribution in [2.24, 2.45) is 15.9 Å². The minimum atomic E-state index is -4.71. The molecule has 1 saturated heterocycles. The minimum absolute atomic E-state index is 0.000105. The van der Waals surface area contributed by atoms with Gasteiger partial charge in [-0.1, -0.05) is 11.6 Å². The van der Waals surface area contributed by atoms with Crippen molar-refractivity contribution in [3.8, 4) is 0 Å². The number of ketones is 1. The number of halogens is 4. The predicted octanol–water partition coefficient (Wildman–Crippen LogP) is 5.27. The average Bonchev–Trinajstić information content (AvgIpc) is 3.46. The number of sulfonamides is 1. The van der Waals surface area contributed by atoms with E-state index in [-0.39, 0.29) is 28.3 Å². The van der Waals surface area contributed by atoms with Crippen molar-refractivity contribution >= 4 is 56.6 Å². The zero-order valence-electron chi connectivity index (χ0n) is 21.8. The number of benzene rings is 2. The van der Waals surface area contributed by atoms with Gasteiger partial charge in [-0.05, 0) is 67.8 Å². The SMILES string of the molecule is NC=C(C=Nc1ccc(Cl)c(C(F)(F)F)c1)C(=O)c1cc(N2CCCCC2)ccc1NC(=O)c1ccc(S(N)(=O)=O)o1. The molecule has 5 N–H and O–H groups in total. The number of anilines is 2. The molecule has 0 unspecified atom stereocenters. The number of allylic oxidation sites excluding steroid dienone is 1. The maximum Gasteiger partial charge on any atom is 0.417 e. The molecule has 3 aromatic rings. The van der Waals surface area contributed by atoms with Crippen LogP contribution in [0.4, 0.5) is 30.2 Å². The molecule has 1 aliphatic rings. The Bertz CT molecular complexity index is 1680. The maximum atomic E-state index is 13.7. The van der Waals surface area contributed by atoms with Gasteiger partial charge in [-0.3, -0.25) is 14.6 Å². The second kappa shape index (κ2) is 12.4. The Balaban J connectivity index is 1.68. The molecule has 10 nitrogen and oxygen atoms in total. The molecule has 1 fully saturated rings. The van der Waals surface area contributed by atoms with Crippen LogP contribution in [-0.2, 0) is 16.2 Å². The second-order valence-corrected chi connectivity index (χ2v) is 11.2. The van der Waals surface area contributed by atoms with Gasteiger partial charge in [-0.25, -0.2) is 13.6 Å². The van der Waals surface area contributed by atoms with Crippen molar-refractivity contribution < 1.29 is 35.6 Å². The molecule has 15 heteroatoms. The highest BCUT2D eigenvalue weighted by Crippen LogP contribution is 2.37. The first-order valence-corrected chi connectivity index (χ1v) is 14.4. The average molecular weight is 624 g/mol. The number of Topliss-reactive ketones (excluding diaryl/α,β-unsaturated/α-hetero) is 1. The third-order valence-corrected chi connectivity index (χ3v) is 7.46. The van der Waals surface area contributed by atoms with Gasteiger partial charge in [0, 0.05) is 36.8 Å². The standard InChI is InChI=1S/C27H25ClF3N5O5S/c28-21-6-4-17(12-20(21)27(29,30)31)34-15-16(14-32)25(37)19-13-18(36-10-2-1-3-11-36)5-7-22(19)35-26(38)23-8-9-24(41-23)42(33,39)40/h4-9,12-15H,1-3,10-11,32H2,(H,35,38)(H2,33,39,40). The van der Waals surface area contributed by atoms with Crippen molar-refractivity contribution in [1.29, 1.82) is 0 Å². The van der Waals surface area contributed by atoms with Crippen LogP contribution in [0.1, 0.15) is 45.7 Å². The first kappa shape index (κ1) is 30.8. The molecule has 0 saturated carbocycles. The number of furan rings is 1. The topological polar surface area (TPSA) is 161 Å². The largest absolute Gasteiger partial charge is 0.438 e. The zero-order valence-corrected chi connectivity index (χ0v) is 23.4. The van der Waals surface area contributed by atoms with Crippen molar-refractivity contribution in [3.05, 3.63) is 82.2 Å². The third-order valence-electron chi connectivity index (χ3n) is 6.35. The summed E-state index contributed by atoms with van der Waals surface area (Å²) in [4.78, 5) is 32.6. The fourth-order valence-electron chi connectivity index (χ4n) is 4.24. The van der Waals surface area contributed by atoms with E-state index in [9.17, 15) is 31.2 Å². The highest BCUT2D eigenvalue weighted by Gasteiger charge is 2.33. The Hall–Kier alpha value is -4.14. The Kier molecular flexibility index (Phi) is 9.09. The number of hydrogen-bond acceptors (Lipinski definition) is 8. The van der Waals surface area contributed by atoms with E-state index >= 15 is 0 Å². The summed E-state index contributed by atoms with van der Waals surface area (Å²) < 4.78 is 67.9. The molecular weight excluding hydrogens is 599 g/mol. The Morgan fingerprint density at radius 2 is 1.76 bits per heavy atom. The lowest BCUT2D eigenvalue weighted by molar-refractivity contribution is -0.137. The minimum Gasteiger partial charge on any atom is -0.438 e. The van der Waals surface area contributed by atoms with Crippen LogP contribution >= 0.6 is 11.6 Å². The summed E-state index contributed by atoms with van der Waals surface area (Å²) in [6, 6.07) is 9.91. The van der Waals surface area contributed by atoms with Gasteiger partial charge in [0.05, 0.1) is 27.5 Å². The molecule has 0 radical (unpaired) electrons. The summed E-state index contributed by atoms with van der Waals surface area (Å²) in [5.74, 6) is -1.93. The number of aliphatic imine (C=N–C) groups is 1. The second-order valence-electron chi connectivity index (χ2n) is 9.27. The molecule has 1 aliphatic heterocycles. The van der Waals surface area contributed by atoms with Gasteiger partial charge in [0.2, 0.25) is 5.09 Å². The number of hydrogen-bond donors (Lipinski definition) is 3. The summed E-state index contributed by atoms with van der Waals surface area (Å²) >= 11 is 5.67. The molecule has 0 spiro atoms. The summed E-state index contributed by atoms with van der Waals surface area (Å²) in [5, 5.41) is 6.44. The van der Waals surface area contributed by atoms with Crippen LogP contribution in [0.15, 0.2) is 74.8 Å². The fraction of sp³-hybridized carbons (Fsp3) is 0.222. The smallest absolute Gasteiger partial charge is 0.417 e. The number of alkyl halides is 3. The predicted molar refractivity (Wildman–Crippen MR) is 152 cm³/mol. The normalized spacial score (nSPS) is 14.8. The van der Waals surface area contributed by atoms with Gasteiger partial charge < -0.3 is 20.4 Å². The van der Waals surface area contributed by atoms with E-state index in [1.54, 1.807) is 12.1 Å². The first-order valence-electron chi connectivity index (χ1n) is 12.5. The lowest BCUT2D eigenvalue weighted by atomic mass is 10.0. The number of rotatable bonds is 8. The summed E-state index contributed by atoms with van der Waals surface area (Å²) in [7, 11) is -4.20. The van der Waals surface area contributed by atoms with E-state index < -0.39 is 43.6 Å². The van der Waals surface area contributed by atoms with Crippen molar-refractivity contribution in [2.45, 2.75) is 30.5 Å². The van der Waals surface area contributed by atoms with Gasteiger partial charge in [0.15, 0.2) is 11.5 Å². The van der Waals surface area contributed by atoms with Gasteiger partial charge in [-0.15, -0.1) is 0 Å². The highest BCUT2D eigenvalue weighted by atomic mass is 35.5. The molecule has 222 valence electrons. The van der Waals surface area contributed by atoms with Gasteiger partial charge >= 0.3 is 6.18 Å². The summed E-state index contributed by atoms with van der Waals surface area (Å²) in [6.07, 6.45) is 0.211. The van der Waals surface area contributed by atoms with Crippen molar-refractivity contribution in [1.82, 2.24) is 0 Å². The van der Waals surface area contributed by atoms with Crippen LogP contribution in [-0.4, -0.2) is 39.4 Å². The summed E-state index contributed by atoms with van der Waals surface area (Å²) in [6.45, 7) is 1.50. The van der Waals surface area contributed by atoms with Crippen molar-refractivity contribution in [3.63, 3.8) is 0 Å². The number of piperidine rings is 1. The number of carbonyl (C=O) groups is 2. The molecule has 1 aromatic heterocycles. The zero-order chi connectivity index (χ0) is 30.7. The number of nitrogens with one attached hydrogen (secondary N) is 1. The molecule has 2 aromatic carbocycles. The quantitative estimate of drug-likeness (QED) is 0.175. The van der Waals surface area contributed by atoms with E-state index in [0.717, 1.165) is 69.0 Å². The lowest BCUT2D eigenvalue weighted by Gasteiger charge is -2.29. The monoisotopic (exact) mass is 623 g/mol. The molecule has 1 amide bonds. The van der Waals surface area contributed by atoms with E-state index in [2.05, 4.69) is 15.2 Å². The van der Waals surface area contributed by atoms with Crippen LogP contribution in [0, 0.1) is 0 Å². The van der Waals surface area contributed by atoms with E-state index in [1.807, 2.05) is 0 Å². The Labute approximate surface area is 243 Å². The molecule has 0 bridgehead atoms. The van der Waals surface area contributed by atoms with Crippen LogP contribution < -0.4 is 21.1 Å². The Morgan fingerprint density at radius 3 is 2.38 bits per heavy atom. The molecule has 42 heavy (non-hydrogen) atoms. The number of carbonyl (C=O) groups excluding carboxylic acids is 2. The molecule has 0 atom stereocenters. The number of nitrogens with two attached hydrogens (primary N) is 2. The van der Waals surface area contributed by atoms with Gasteiger partial charge in [-0.2, -0.15) is 13.2 Å². The van der Waals surface area contributed by atoms with Gasteiger partial charge in [0.1, 0.15) is 0 Å². The fourth-order valence-corrected chi connectivity index (χ4v) is 4.93. The van der Waals surface area contributed by atoms with Crippen LogP contribution in [0.2, 0.25) is 5.02 Å². The summed E-state index contributed by atoms with van der Waals surface area (Å²) in [5.41, 5.74) is 5.05. The number of primary sulfonamides is 1. The first-order chi connectivity index (χ1) is 19.8. The Morgan fingerprint density at radius 1 is 1.05 bits per heavy atom. The highest BCUT2D eigenvalue weighted by molar-refractivity contribution is 7.89. The van der Waals surface area contributed by atoms with Crippen LogP contribution in [0.3, 0.4) is 0 Å². The number of nitrogens with zero attached hydrogens (tertiary/aromatic N) is 2. The van der Waals surface area contributed by atoms with E-state index in [0.29, 0.717) is 5.69 Å². The maximum absolute atomic E-state index is 13.7. The molecule has 2 heterocycles. The molecular formula is C27H25ClF3N5O5S. The molecule has 4 rings (SSSR count). The van der Waals surface area contributed by atoms with E-state index in [4.69, 9.17) is 26.9 Å². The number of amides is 1. The third kappa shape index (κ3) is 7.19. The molecule has 0 aliphatic carbocycles. The van der Waals surface area contributed by atoms with Crippen molar-refractivity contribution in [2.75, 3.05) is 23.3 Å². The lowest BCUT2D eigenvalue weighted by Crippen LogP contribution is -2.29. The van der Waals surface area contributed by atoms with Crippen LogP contribution in [0.25, 0.3) is 0 Å². The van der Waals surface area contributed by atoms with Crippen LogP contribution in [0.5, 0.6) is 0 Å².